The third-order valence-electron chi connectivity index (χ3n) is 5.79. The van der Waals surface area contributed by atoms with Gasteiger partial charge in [-0.15, -0.1) is 11.8 Å². The first-order valence-corrected chi connectivity index (χ1v) is 14.2. The molecule has 0 radical (unpaired) electrons. The van der Waals surface area contributed by atoms with E-state index in [0.29, 0.717) is 16.9 Å². The van der Waals surface area contributed by atoms with Gasteiger partial charge in [-0.3, -0.25) is 14.4 Å². The van der Waals surface area contributed by atoms with Gasteiger partial charge in [0.2, 0.25) is 5.91 Å². The summed E-state index contributed by atoms with van der Waals surface area (Å²) in [7, 11) is 0. The Balaban J connectivity index is 1.48. The van der Waals surface area contributed by atoms with Gasteiger partial charge in [-0.25, -0.2) is 0 Å². The van der Waals surface area contributed by atoms with Crippen LogP contribution in [-0.2, 0) is 9.59 Å². The molecule has 0 bridgehead atoms. The number of carbonyl (C=O) groups is 3. The van der Waals surface area contributed by atoms with E-state index in [-0.39, 0.29) is 22.8 Å². The van der Waals surface area contributed by atoms with Crippen LogP contribution in [0.15, 0.2) is 118 Å². The van der Waals surface area contributed by atoms with Crippen LogP contribution in [-0.4, -0.2) is 23.0 Å². The number of rotatable bonds is 9. The first-order valence-electron chi connectivity index (χ1n) is 12.6. The van der Waals surface area contributed by atoms with E-state index in [1.54, 1.807) is 42.5 Å². The average molecular weight is 615 g/mol. The zero-order valence-corrected chi connectivity index (χ0v) is 24.4. The van der Waals surface area contributed by atoms with E-state index in [1.165, 1.54) is 11.8 Å². The Morgan fingerprint density at radius 3 is 2.30 bits per heavy atom. The molecule has 6 nitrogen and oxygen atoms in total. The smallest absolute Gasteiger partial charge is 0.272 e. The summed E-state index contributed by atoms with van der Waals surface area (Å²) < 4.78 is 0.805. The van der Waals surface area contributed by atoms with Crippen LogP contribution < -0.4 is 16.0 Å². The van der Waals surface area contributed by atoms with E-state index < -0.39 is 5.91 Å². The standard InChI is InChI=1S/C32H28BrN3O3S/c1-21-10-8-11-23(18-21)19-29(36-31(38)24-12-4-3-5-13-24)32(39)34-25-14-9-15-26(20-25)40-22(2)30(37)35-28-17-7-6-16-27(28)33/h3-20,22H,1-2H3,(H,34,39)(H,35,37)(H,36,38)/b29-19+. The molecule has 0 aliphatic carbocycles. The van der Waals surface area contributed by atoms with E-state index in [0.717, 1.165) is 20.5 Å². The minimum Gasteiger partial charge on any atom is -0.324 e. The lowest BCUT2D eigenvalue weighted by Gasteiger charge is -2.14. The van der Waals surface area contributed by atoms with Crippen LogP contribution in [0.3, 0.4) is 0 Å². The summed E-state index contributed by atoms with van der Waals surface area (Å²) in [6, 6.07) is 31.1. The maximum atomic E-state index is 13.4. The van der Waals surface area contributed by atoms with Gasteiger partial charge >= 0.3 is 0 Å². The number of halogens is 1. The van der Waals surface area contributed by atoms with Gasteiger partial charge in [0, 0.05) is 20.6 Å². The van der Waals surface area contributed by atoms with Gasteiger partial charge in [0.25, 0.3) is 11.8 Å². The number of benzene rings is 4. The molecule has 0 aromatic heterocycles. The lowest BCUT2D eigenvalue weighted by Crippen LogP contribution is -2.30. The number of para-hydroxylation sites is 1. The second kappa shape index (κ2) is 13.8. The molecule has 4 aromatic rings. The van der Waals surface area contributed by atoms with E-state index >= 15 is 0 Å². The van der Waals surface area contributed by atoms with Crippen LogP contribution >= 0.6 is 27.7 Å². The number of nitrogens with one attached hydrogen (secondary N) is 3. The van der Waals surface area contributed by atoms with E-state index in [1.807, 2.05) is 80.6 Å². The van der Waals surface area contributed by atoms with Crippen molar-refractivity contribution in [1.29, 1.82) is 0 Å². The number of hydrogen-bond acceptors (Lipinski definition) is 4. The number of aryl methyl sites for hydroxylation is 1. The molecule has 3 amide bonds. The Kier molecular flexibility index (Phi) is 9.94. The average Bonchev–Trinajstić information content (AvgIpc) is 2.94. The molecule has 4 rings (SSSR count). The summed E-state index contributed by atoms with van der Waals surface area (Å²) >= 11 is 4.82. The third kappa shape index (κ3) is 8.18. The van der Waals surface area contributed by atoms with Crippen molar-refractivity contribution in [3.8, 4) is 0 Å². The maximum Gasteiger partial charge on any atom is 0.272 e. The van der Waals surface area contributed by atoms with Crippen LogP contribution in [0.1, 0.15) is 28.4 Å². The van der Waals surface area contributed by atoms with Crippen LogP contribution in [0.5, 0.6) is 0 Å². The van der Waals surface area contributed by atoms with Gasteiger partial charge in [-0.1, -0.05) is 66.2 Å². The lowest BCUT2D eigenvalue weighted by molar-refractivity contribution is -0.115. The molecule has 202 valence electrons. The zero-order chi connectivity index (χ0) is 28.5. The maximum absolute atomic E-state index is 13.4. The topological polar surface area (TPSA) is 87.3 Å². The predicted octanol–water partition coefficient (Wildman–Crippen LogP) is 7.29. The summed E-state index contributed by atoms with van der Waals surface area (Å²) in [5.74, 6) is -0.991. The van der Waals surface area contributed by atoms with Crippen molar-refractivity contribution >= 4 is 62.9 Å². The van der Waals surface area contributed by atoms with Gasteiger partial charge in [0.05, 0.1) is 10.9 Å². The molecule has 0 saturated carbocycles. The highest BCUT2D eigenvalue weighted by atomic mass is 79.9. The largest absolute Gasteiger partial charge is 0.324 e. The molecule has 1 atom stereocenters. The van der Waals surface area contributed by atoms with Gasteiger partial charge in [-0.2, -0.15) is 0 Å². The predicted molar refractivity (Wildman–Crippen MR) is 166 cm³/mol. The van der Waals surface area contributed by atoms with Crippen molar-refractivity contribution in [3.05, 3.63) is 130 Å². The highest BCUT2D eigenvalue weighted by molar-refractivity contribution is 9.10. The Morgan fingerprint density at radius 2 is 1.55 bits per heavy atom. The zero-order valence-electron chi connectivity index (χ0n) is 22.0. The number of hydrogen-bond donors (Lipinski definition) is 3. The lowest BCUT2D eigenvalue weighted by atomic mass is 10.1. The molecule has 1 unspecified atom stereocenters. The van der Waals surface area contributed by atoms with Crippen molar-refractivity contribution < 1.29 is 14.4 Å². The Morgan fingerprint density at radius 1 is 0.825 bits per heavy atom. The first kappa shape index (κ1) is 28.9. The molecular weight excluding hydrogens is 586 g/mol. The van der Waals surface area contributed by atoms with Crippen LogP contribution in [0.2, 0.25) is 0 Å². The number of thioether (sulfide) groups is 1. The normalized spacial score (nSPS) is 11.8. The molecule has 0 spiro atoms. The molecule has 0 heterocycles. The second-order valence-electron chi connectivity index (χ2n) is 9.00. The Bertz CT molecular complexity index is 1560. The molecule has 8 heteroatoms. The number of carbonyl (C=O) groups excluding carboxylic acids is 3. The second-order valence-corrected chi connectivity index (χ2v) is 11.3. The van der Waals surface area contributed by atoms with Crippen molar-refractivity contribution in [2.45, 2.75) is 24.0 Å². The molecule has 4 aromatic carbocycles. The molecule has 0 saturated heterocycles. The Hall–Kier alpha value is -4.14. The van der Waals surface area contributed by atoms with Crippen LogP contribution in [0.4, 0.5) is 11.4 Å². The molecular formula is C32H28BrN3O3S. The molecule has 40 heavy (non-hydrogen) atoms. The van der Waals surface area contributed by atoms with E-state index in [2.05, 4.69) is 31.9 Å². The van der Waals surface area contributed by atoms with Crippen molar-refractivity contribution in [3.63, 3.8) is 0 Å². The summed E-state index contributed by atoms with van der Waals surface area (Å²) in [4.78, 5) is 39.8. The molecule has 0 aliphatic rings. The number of amides is 3. The first-order chi connectivity index (χ1) is 19.3. The minimum atomic E-state index is -0.465. The van der Waals surface area contributed by atoms with E-state index in [9.17, 15) is 14.4 Å². The third-order valence-corrected chi connectivity index (χ3v) is 7.57. The quantitative estimate of drug-likeness (QED) is 0.137. The van der Waals surface area contributed by atoms with Crippen molar-refractivity contribution in [2.75, 3.05) is 10.6 Å². The van der Waals surface area contributed by atoms with Crippen molar-refractivity contribution in [1.82, 2.24) is 5.32 Å². The van der Waals surface area contributed by atoms with Gasteiger partial charge in [-0.05, 0) is 83.9 Å². The minimum absolute atomic E-state index is 0.110. The highest BCUT2D eigenvalue weighted by Gasteiger charge is 2.18. The summed E-state index contributed by atoms with van der Waals surface area (Å²) in [6.45, 7) is 3.78. The molecule has 3 N–H and O–H groups in total. The number of anilines is 2. The fourth-order valence-corrected chi connectivity index (χ4v) is 5.08. The molecule has 0 fully saturated rings. The SMILES string of the molecule is Cc1cccc(/C=C(/NC(=O)c2ccccc2)C(=O)Nc2cccc(SC(C)C(=O)Nc3ccccc3Br)c2)c1. The summed E-state index contributed by atoms with van der Waals surface area (Å²) in [5.41, 5.74) is 3.61. The van der Waals surface area contributed by atoms with Gasteiger partial charge in [0.1, 0.15) is 5.70 Å². The summed E-state index contributed by atoms with van der Waals surface area (Å²) in [6.07, 6.45) is 1.65. The fraction of sp³-hybridized carbons (Fsp3) is 0.0938. The highest BCUT2D eigenvalue weighted by Crippen LogP contribution is 2.28. The Labute approximate surface area is 246 Å². The monoisotopic (exact) mass is 613 g/mol. The van der Waals surface area contributed by atoms with Crippen molar-refractivity contribution in [2.24, 2.45) is 0 Å². The summed E-state index contributed by atoms with van der Waals surface area (Å²) in [5, 5.41) is 8.18. The van der Waals surface area contributed by atoms with Crippen LogP contribution in [0, 0.1) is 6.92 Å². The molecule has 0 aliphatic heterocycles. The van der Waals surface area contributed by atoms with Gasteiger partial charge in [0.15, 0.2) is 0 Å². The van der Waals surface area contributed by atoms with Gasteiger partial charge < -0.3 is 16.0 Å². The fourth-order valence-electron chi connectivity index (χ4n) is 3.77. The van der Waals surface area contributed by atoms with Crippen LogP contribution in [0.25, 0.3) is 6.08 Å². The van der Waals surface area contributed by atoms with E-state index in [4.69, 9.17) is 0 Å².